The molecule has 3 nitrogen and oxygen atoms in total. The number of anilines is 2. The summed E-state index contributed by atoms with van der Waals surface area (Å²) in [6, 6.07) is 5.75. The minimum Gasteiger partial charge on any atom is -0.328 e. The summed E-state index contributed by atoms with van der Waals surface area (Å²) in [4.78, 5) is 7.28. The quantitative estimate of drug-likeness (QED) is 0.816. The van der Waals surface area contributed by atoms with Crippen molar-refractivity contribution in [2.75, 3.05) is 5.32 Å². The number of halogens is 1. The summed E-state index contributed by atoms with van der Waals surface area (Å²) in [7, 11) is 0. The molecule has 2 aromatic rings. The SMILES string of the molecule is Cc1cnc(Nc2cccc(Cl)c2C)[nH]1. The average Bonchev–Trinajstić information content (AvgIpc) is 2.59. The molecule has 0 unspecified atom stereocenters. The first-order valence-electron chi connectivity index (χ1n) is 4.70. The number of hydrogen-bond donors (Lipinski definition) is 2. The zero-order valence-electron chi connectivity index (χ0n) is 8.63. The Labute approximate surface area is 93.5 Å². The van der Waals surface area contributed by atoms with E-state index in [2.05, 4.69) is 15.3 Å². The van der Waals surface area contributed by atoms with Gasteiger partial charge in [-0.05, 0) is 31.5 Å². The molecule has 0 bridgehead atoms. The Morgan fingerprint density at radius 1 is 1.33 bits per heavy atom. The normalized spacial score (nSPS) is 10.3. The number of nitrogens with one attached hydrogen (secondary N) is 2. The van der Waals surface area contributed by atoms with Crippen molar-refractivity contribution in [3.63, 3.8) is 0 Å². The molecule has 0 fully saturated rings. The van der Waals surface area contributed by atoms with Crippen molar-refractivity contribution in [2.24, 2.45) is 0 Å². The van der Waals surface area contributed by atoms with E-state index in [1.54, 1.807) is 6.20 Å². The van der Waals surface area contributed by atoms with Crippen molar-refractivity contribution in [3.05, 3.63) is 40.7 Å². The van der Waals surface area contributed by atoms with Crippen LogP contribution in [-0.4, -0.2) is 9.97 Å². The maximum atomic E-state index is 6.01. The van der Waals surface area contributed by atoms with Gasteiger partial charge in [-0.3, -0.25) is 0 Å². The van der Waals surface area contributed by atoms with Gasteiger partial charge in [0.15, 0.2) is 0 Å². The maximum absolute atomic E-state index is 6.01. The molecule has 0 aliphatic heterocycles. The van der Waals surface area contributed by atoms with E-state index in [1.807, 2.05) is 32.0 Å². The van der Waals surface area contributed by atoms with E-state index in [0.717, 1.165) is 27.9 Å². The highest BCUT2D eigenvalue weighted by Crippen LogP contribution is 2.24. The second-order valence-electron chi connectivity index (χ2n) is 3.45. The molecule has 0 aliphatic carbocycles. The molecule has 0 atom stereocenters. The lowest BCUT2D eigenvalue weighted by Crippen LogP contribution is -1.95. The summed E-state index contributed by atoms with van der Waals surface area (Å²) in [5.41, 5.74) is 3.02. The summed E-state index contributed by atoms with van der Waals surface area (Å²) in [5.74, 6) is 0.734. The smallest absolute Gasteiger partial charge is 0.204 e. The Kier molecular flexibility index (Phi) is 2.64. The fraction of sp³-hybridized carbons (Fsp3) is 0.182. The predicted molar refractivity (Wildman–Crippen MR) is 62.8 cm³/mol. The Morgan fingerprint density at radius 3 is 2.80 bits per heavy atom. The van der Waals surface area contributed by atoms with Crippen molar-refractivity contribution < 1.29 is 0 Å². The first kappa shape index (κ1) is 10.1. The zero-order valence-corrected chi connectivity index (χ0v) is 9.39. The summed E-state index contributed by atoms with van der Waals surface area (Å²) >= 11 is 6.01. The predicted octanol–water partition coefficient (Wildman–Crippen LogP) is 3.42. The molecule has 0 radical (unpaired) electrons. The molecule has 0 spiro atoms. The van der Waals surface area contributed by atoms with Crippen molar-refractivity contribution in [3.8, 4) is 0 Å². The van der Waals surface area contributed by atoms with E-state index in [0.29, 0.717) is 0 Å². The van der Waals surface area contributed by atoms with E-state index < -0.39 is 0 Å². The number of nitrogens with zero attached hydrogens (tertiary/aromatic N) is 1. The van der Waals surface area contributed by atoms with Crippen molar-refractivity contribution in [1.29, 1.82) is 0 Å². The first-order valence-corrected chi connectivity index (χ1v) is 5.08. The molecule has 0 saturated carbocycles. The van der Waals surface area contributed by atoms with Crippen LogP contribution >= 0.6 is 11.6 Å². The molecule has 1 aromatic heterocycles. The Morgan fingerprint density at radius 2 is 2.13 bits per heavy atom. The van der Waals surface area contributed by atoms with E-state index >= 15 is 0 Å². The van der Waals surface area contributed by atoms with Crippen LogP contribution in [0.2, 0.25) is 5.02 Å². The number of aromatic nitrogens is 2. The minimum absolute atomic E-state index is 0.734. The number of benzene rings is 1. The fourth-order valence-corrected chi connectivity index (χ4v) is 1.52. The molecule has 2 rings (SSSR count). The lowest BCUT2D eigenvalue weighted by molar-refractivity contribution is 1.24. The Hall–Kier alpha value is -1.48. The average molecular weight is 222 g/mol. The summed E-state index contributed by atoms with van der Waals surface area (Å²) < 4.78 is 0. The molecule has 0 saturated heterocycles. The Balaban J connectivity index is 2.28. The number of aryl methyl sites for hydroxylation is 1. The van der Waals surface area contributed by atoms with Gasteiger partial charge in [0, 0.05) is 22.6 Å². The van der Waals surface area contributed by atoms with Crippen LogP contribution in [0.5, 0.6) is 0 Å². The second kappa shape index (κ2) is 3.95. The molecular formula is C11H12ClN3. The molecule has 0 amide bonds. The van der Waals surface area contributed by atoms with Gasteiger partial charge in [-0.2, -0.15) is 0 Å². The molecule has 78 valence electrons. The molecule has 1 heterocycles. The topological polar surface area (TPSA) is 40.7 Å². The number of aromatic amines is 1. The third-order valence-electron chi connectivity index (χ3n) is 2.22. The Bertz CT molecular complexity index is 476. The summed E-state index contributed by atoms with van der Waals surface area (Å²) in [6.07, 6.45) is 1.78. The van der Waals surface area contributed by atoms with Crippen molar-refractivity contribution in [2.45, 2.75) is 13.8 Å². The molecule has 15 heavy (non-hydrogen) atoms. The number of imidazole rings is 1. The maximum Gasteiger partial charge on any atom is 0.204 e. The van der Waals surface area contributed by atoms with Crippen LogP contribution in [0.15, 0.2) is 24.4 Å². The molecule has 0 aliphatic rings. The highest BCUT2D eigenvalue weighted by Gasteiger charge is 2.03. The van der Waals surface area contributed by atoms with Crippen LogP contribution in [0.4, 0.5) is 11.6 Å². The van der Waals surface area contributed by atoms with Crippen molar-refractivity contribution in [1.82, 2.24) is 9.97 Å². The summed E-state index contributed by atoms with van der Waals surface area (Å²) in [5, 5.41) is 3.94. The van der Waals surface area contributed by atoms with Gasteiger partial charge in [-0.15, -0.1) is 0 Å². The third-order valence-corrected chi connectivity index (χ3v) is 2.63. The van der Waals surface area contributed by atoms with Crippen LogP contribution < -0.4 is 5.32 Å². The van der Waals surface area contributed by atoms with Gasteiger partial charge in [-0.1, -0.05) is 17.7 Å². The highest BCUT2D eigenvalue weighted by molar-refractivity contribution is 6.31. The van der Waals surface area contributed by atoms with Gasteiger partial charge in [0.25, 0.3) is 0 Å². The third kappa shape index (κ3) is 2.13. The molecule has 4 heteroatoms. The fourth-order valence-electron chi connectivity index (χ4n) is 1.35. The van der Waals surface area contributed by atoms with Gasteiger partial charge in [0.05, 0.1) is 0 Å². The lowest BCUT2D eigenvalue weighted by Gasteiger charge is -2.07. The lowest BCUT2D eigenvalue weighted by atomic mass is 10.2. The second-order valence-corrected chi connectivity index (χ2v) is 3.86. The number of H-pyrrole nitrogens is 1. The number of hydrogen-bond acceptors (Lipinski definition) is 2. The summed E-state index contributed by atoms with van der Waals surface area (Å²) in [6.45, 7) is 3.93. The van der Waals surface area contributed by atoms with Crippen LogP contribution in [-0.2, 0) is 0 Å². The molecule has 2 N–H and O–H groups in total. The van der Waals surface area contributed by atoms with Crippen LogP contribution in [0.3, 0.4) is 0 Å². The molecule has 1 aromatic carbocycles. The van der Waals surface area contributed by atoms with Gasteiger partial charge in [0.2, 0.25) is 5.95 Å². The molecular weight excluding hydrogens is 210 g/mol. The largest absolute Gasteiger partial charge is 0.328 e. The van der Waals surface area contributed by atoms with Gasteiger partial charge in [-0.25, -0.2) is 4.98 Å². The first-order chi connectivity index (χ1) is 7.16. The van der Waals surface area contributed by atoms with E-state index in [1.165, 1.54) is 0 Å². The van der Waals surface area contributed by atoms with Gasteiger partial charge in [0.1, 0.15) is 0 Å². The van der Waals surface area contributed by atoms with Crippen LogP contribution in [0, 0.1) is 13.8 Å². The van der Waals surface area contributed by atoms with E-state index in [-0.39, 0.29) is 0 Å². The van der Waals surface area contributed by atoms with E-state index in [4.69, 9.17) is 11.6 Å². The highest BCUT2D eigenvalue weighted by atomic mass is 35.5. The van der Waals surface area contributed by atoms with Crippen molar-refractivity contribution >= 4 is 23.2 Å². The van der Waals surface area contributed by atoms with E-state index in [9.17, 15) is 0 Å². The number of rotatable bonds is 2. The minimum atomic E-state index is 0.734. The van der Waals surface area contributed by atoms with Gasteiger partial charge < -0.3 is 10.3 Å². The van der Waals surface area contributed by atoms with Crippen LogP contribution in [0.1, 0.15) is 11.3 Å². The van der Waals surface area contributed by atoms with Gasteiger partial charge >= 0.3 is 0 Å². The van der Waals surface area contributed by atoms with Crippen LogP contribution in [0.25, 0.3) is 0 Å². The monoisotopic (exact) mass is 221 g/mol. The zero-order chi connectivity index (χ0) is 10.8. The standard InChI is InChI=1S/C11H12ClN3/c1-7-6-13-11(14-7)15-10-5-3-4-9(12)8(10)2/h3-6H,1-2H3,(H2,13,14,15).